The zero-order valence-electron chi connectivity index (χ0n) is 13.8. The van der Waals surface area contributed by atoms with Gasteiger partial charge in [0.25, 0.3) is 5.91 Å². The minimum atomic E-state index is -0.222. The molecule has 1 amide bonds. The molecule has 0 aliphatic rings. The molecule has 1 N–H and O–H groups in total. The second-order valence-electron chi connectivity index (χ2n) is 5.05. The van der Waals surface area contributed by atoms with E-state index >= 15 is 0 Å². The number of rotatable bonds is 5. The Kier molecular flexibility index (Phi) is 6.16. The second-order valence-corrected chi connectivity index (χ2v) is 5.05. The van der Waals surface area contributed by atoms with Crippen LogP contribution in [0.25, 0.3) is 0 Å². The minimum Gasteiger partial charge on any atom is -0.493 e. The van der Waals surface area contributed by atoms with Crippen LogP contribution in [0.2, 0.25) is 0 Å². The Morgan fingerprint density at radius 3 is 2.46 bits per heavy atom. The highest BCUT2D eigenvalue weighted by Gasteiger charge is 2.10. The summed E-state index contributed by atoms with van der Waals surface area (Å²) in [5, 5.41) is 2.75. The summed E-state index contributed by atoms with van der Waals surface area (Å²) in [5.41, 5.74) is 1.94. The molecule has 0 spiro atoms. The summed E-state index contributed by atoms with van der Waals surface area (Å²) in [4.78, 5) is 23.4. The number of benzene rings is 2. The highest BCUT2D eigenvalue weighted by atomic mass is 16.5. The van der Waals surface area contributed by atoms with Crippen molar-refractivity contribution in [2.75, 3.05) is 13.2 Å². The van der Waals surface area contributed by atoms with Gasteiger partial charge in [0.2, 0.25) is 0 Å². The fraction of sp³-hybridized carbons (Fsp3) is 0.200. The number of ketones is 1. The largest absolute Gasteiger partial charge is 0.493 e. The number of Topliss-reactive ketones (excluding diaryl/α,β-unsaturated/α-hetero) is 1. The SMILES string of the molecule is CCOc1ccccc1C(=O)NCC#Cc1ccc(C(C)=O)cc1. The van der Waals surface area contributed by atoms with Crippen LogP contribution >= 0.6 is 0 Å². The van der Waals surface area contributed by atoms with Crippen molar-refractivity contribution < 1.29 is 14.3 Å². The van der Waals surface area contributed by atoms with Gasteiger partial charge in [-0.1, -0.05) is 36.1 Å². The van der Waals surface area contributed by atoms with Crippen molar-refractivity contribution in [1.29, 1.82) is 0 Å². The van der Waals surface area contributed by atoms with Gasteiger partial charge in [0.1, 0.15) is 5.75 Å². The summed E-state index contributed by atoms with van der Waals surface area (Å²) in [5.74, 6) is 6.21. The topological polar surface area (TPSA) is 55.4 Å². The molecule has 2 aromatic rings. The van der Waals surface area contributed by atoms with Gasteiger partial charge in [-0.2, -0.15) is 0 Å². The molecule has 0 aliphatic carbocycles. The predicted molar refractivity (Wildman–Crippen MR) is 93.3 cm³/mol. The Morgan fingerprint density at radius 2 is 1.79 bits per heavy atom. The number of hydrogen-bond donors (Lipinski definition) is 1. The van der Waals surface area contributed by atoms with Crippen LogP contribution in [0.5, 0.6) is 5.75 Å². The molecule has 122 valence electrons. The first-order chi connectivity index (χ1) is 11.6. The average Bonchev–Trinajstić information content (AvgIpc) is 2.59. The van der Waals surface area contributed by atoms with E-state index in [1.54, 1.807) is 42.5 Å². The maximum atomic E-state index is 12.2. The molecule has 0 aromatic heterocycles. The first-order valence-corrected chi connectivity index (χ1v) is 7.71. The molecule has 0 saturated heterocycles. The summed E-state index contributed by atoms with van der Waals surface area (Å²) < 4.78 is 5.44. The first-order valence-electron chi connectivity index (χ1n) is 7.71. The van der Waals surface area contributed by atoms with Crippen molar-refractivity contribution in [3.8, 4) is 17.6 Å². The maximum absolute atomic E-state index is 12.2. The number of hydrogen-bond acceptors (Lipinski definition) is 3. The lowest BCUT2D eigenvalue weighted by Gasteiger charge is -2.08. The van der Waals surface area contributed by atoms with Crippen molar-refractivity contribution in [3.63, 3.8) is 0 Å². The van der Waals surface area contributed by atoms with Crippen LogP contribution in [0, 0.1) is 11.8 Å². The monoisotopic (exact) mass is 321 g/mol. The van der Waals surface area contributed by atoms with Crippen LogP contribution in [0.4, 0.5) is 0 Å². The molecular weight excluding hydrogens is 302 g/mol. The quantitative estimate of drug-likeness (QED) is 0.680. The van der Waals surface area contributed by atoms with Gasteiger partial charge >= 0.3 is 0 Å². The van der Waals surface area contributed by atoms with E-state index < -0.39 is 0 Å². The third-order valence-corrected chi connectivity index (χ3v) is 3.29. The number of carbonyl (C=O) groups is 2. The van der Waals surface area contributed by atoms with E-state index in [4.69, 9.17) is 4.74 Å². The number of carbonyl (C=O) groups excluding carboxylic acids is 2. The van der Waals surface area contributed by atoms with Crippen molar-refractivity contribution >= 4 is 11.7 Å². The van der Waals surface area contributed by atoms with E-state index in [-0.39, 0.29) is 18.2 Å². The summed E-state index contributed by atoms with van der Waals surface area (Å²) >= 11 is 0. The molecule has 0 aliphatic heterocycles. The number of para-hydroxylation sites is 1. The first kappa shape index (κ1) is 17.3. The molecule has 24 heavy (non-hydrogen) atoms. The van der Waals surface area contributed by atoms with Crippen LogP contribution in [0.3, 0.4) is 0 Å². The van der Waals surface area contributed by atoms with Crippen LogP contribution in [0.15, 0.2) is 48.5 Å². The summed E-state index contributed by atoms with van der Waals surface area (Å²) in [6.45, 7) is 4.13. The van der Waals surface area contributed by atoms with Crippen LogP contribution in [-0.4, -0.2) is 24.8 Å². The number of ether oxygens (including phenoxy) is 1. The lowest BCUT2D eigenvalue weighted by molar-refractivity contribution is 0.0953. The minimum absolute atomic E-state index is 0.0229. The molecule has 0 heterocycles. The third-order valence-electron chi connectivity index (χ3n) is 3.29. The van der Waals surface area contributed by atoms with E-state index in [2.05, 4.69) is 17.2 Å². The fourth-order valence-electron chi connectivity index (χ4n) is 2.09. The van der Waals surface area contributed by atoms with E-state index in [1.807, 2.05) is 13.0 Å². The average molecular weight is 321 g/mol. The number of amides is 1. The van der Waals surface area contributed by atoms with Crippen molar-refractivity contribution in [3.05, 3.63) is 65.2 Å². The smallest absolute Gasteiger partial charge is 0.255 e. The lowest BCUT2D eigenvalue weighted by Crippen LogP contribution is -2.24. The standard InChI is InChI=1S/C20H19NO3/c1-3-24-19-9-5-4-8-18(19)20(23)21-14-6-7-16-10-12-17(13-11-16)15(2)22/h4-5,8-13H,3,14H2,1-2H3,(H,21,23). The normalized spacial score (nSPS) is 9.58. The van der Waals surface area contributed by atoms with E-state index in [0.717, 1.165) is 5.56 Å². The fourth-order valence-corrected chi connectivity index (χ4v) is 2.09. The predicted octanol–water partition coefficient (Wildman–Crippen LogP) is 3.07. The molecule has 4 heteroatoms. The van der Waals surface area contributed by atoms with Gasteiger partial charge in [0, 0.05) is 11.1 Å². The molecule has 0 atom stereocenters. The highest BCUT2D eigenvalue weighted by molar-refractivity contribution is 5.97. The Bertz CT molecular complexity index is 783. The van der Waals surface area contributed by atoms with E-state index in [9.17, 15) is 9.59 Å². The summed E-state index contributed by atoms with van der Waals surface area (Å²) in [6.07, 6.45) is 0. The Labute approximate surface area is 141 Å². The Hall–Kier alpha value is -3.06. The van der Waals surface area contributed by atoms with Crippen LogP contribution < -0.4 is 10.1 Å². The molecule has 0 bridgehead atoms. The summed E-state index contributed by atoms with van der Waals surface area (Å²) in [6, 6.07) is 14.2. The van der Waals surface area contributed by atoms with Crippen molar-refractivity contribution in [2.45, 2.75) is 13.8 Å². The molecule has 0 unspecified atom stereocenters. The Balaban J connectivity index is 1.95. The molecule has 0 fully saturated rings. The van der Waals surface area contributed by atoms with Gasteiger partial charge in [-0.25, -0.2) is 0 Å². The zero-order chi connectivity index (χ0) is 17.4. The zero-order valence-corrected chi connectivity index (χ0v) is 13.8. The van der Waals surface area contributed by atoms with E-state index in [0.29, 0.717) is 23.5 Å². The lowest BCUT2D eigenvalue weighted by atomic mass is 10.1. The second kappa shape index (κ2) is 8.54. The van der Waals surface area contributed by atoms with Gasteiger partial charge in [0.15, 0.2) is 5.78 Å². The van der Waals surface area contributed by atoms with Gasteiger partial charge < -0.3 is 10.1 Å². The summed E-state index contributed by atoms with van der Waals surface area (Å²) in [7, 11) is 0. The van der Waals surface area contributed by atoms with Crippen molar-refractivity contribution in [2.24, 2.45) is 0 Å². The van der Waals surface area contributed by atoms with Gasteiger partial charge in [-0.05, 0) is 38.1 Å². The molecule has 4 nitrogen and oxygen atoms in total. The molecular formula is C20H19NO3. The molecule has 2 rings (SSSR count). The third kappa shape index (κ3) is 4.72. The van der Waals surface area contributed by atoms with Gasteiger partial charge in [-0.15, -0.1) is 0 Å². The van der Waals surface area contributed by atoms with E-state index in [1.165, 1.54) is 6.92 Å². The van der Waals surface area contributed by atoms with Crippen LogP contribution in [0.1, 0.15) is 40.1 Å². The van der Waals surface area contributed by atoms with Crippen LogP contribution in [-0.2, 0) is 0 Å². The Morgan fingerprint density at radius 1 is 1.08 bits per heavy atom. The maximum Gasteiger partial charge on any atom is 0.255 e. The van der Waals surface area contributed by atoms with Crippen molar-refractivity contribution in [1.82, 2.24) is 5.32 Å². The number of nitrogens with one attached hydrogen (secondary N) is 1. The molecule has 2 aromatic carbocycles. The highest BCUT2D eigenvalue weighted by Crippen LogP contribution is 2.17. The molecule has 0 saturated carbocycles. The van der Waals surface area contributed by atoms with Gasteiger partial charge in [0.05, 0.1) is 18.7 Å². The van der Waals surface area contributed by atoms with Gasteiger partial charge in [-0.3, -0.25) is 9.59 Å². The molecule has 0 radical (unpaired) electrons.